The predicted molar refractivity (Wildman–Crippen MR) is 112 cm³/mol. The van der Waals surface area contributed by atoms with E-state index in [1.807, 2.05) is 0 Å². The fraction of sp³-hybridized carbons (Fsp3) is 0.136. The number of imidazole rings is 2. The largest absolute Gasteiger partial charge is 0.490 e. The SMILES string of the molecule is N#Cc1ccc2ncn(-c3ncc4[nH]c(=O)n([C@@H]5CCOc6c(F)cccc65)c4n3)c2c1. The van der Waals surface area contributed by atoms with Gasteiger partial charge in [0, 0.05) is 12.0 Å². The molecule has 9 nitrogen and oxygen atoms in total. The highest BCUT2D eigenvalue weighted by atomic mass is 19.1. The molecular weight excluding hydrogens is 413 g/mol. The lowest BCUT2D eigenvalue weighted by Crippen LogP contribution is -2.28. The molecule has 0 saturated carbocycles. The van der Waals surface area contributed by atoms with Crippen LogP contribution in [0.25, 0.3) is 28.1 Å². The Morgan fingerprint density at radius 2 is 2.16 bits per heavy atom. The molecule has 0 aliphatic carbocycles. The smallest absolute Gasteiger partial charge is 0.328 e. The average Bonchev–Trinajstić information content (AvgIpc) is 3.38. The normalized spacial score (nSPS) is 15.4. The van der Waals surface area contributed by atoms with Crippen LogP contribution in [0, 0.1) is 17.1 Å². The molecule has 0 spiro atoms. The first kappa shape index (κ1) is 18.3. The zero-order chi connectivity index (χ0) is 21.8. The van der Waals surface area contributed by atoms with Gasteiger partial charge in [0.1, 0.15) is 11.8 Å². The molecule has 4 heterocycles. The summed E-state index contributed by atoms with van der Waals surface area (Å²) in [6.07, 6.45) is 3.59. The number of nitriles is 1. The van der Waals surface area contributed by atoms with E-state index in [4.69, 9.17) is 4.74 Å². The zero-order valence-electron chi connectivity index (χ0n) is 16.5. The second-order valence-corrected chi connectivity index (χ2v) is 7.45. The molecule has 5 aromatic rings. The summed E-state index contributed by atoms with van der Waals surface area (Å²) in [5.74, 6) is -0.00753. The summed E-state index contributed by atoms with van der Waals surface area (Å²) in [7, 11) is 0. The summed E-state index contributed by atoms with van der Waals surface area (Å²) >= 11 is 0. The number of halogens is 1. The number of hydrogen-bond acceptors (Lipinski definition) is 6. The Morgan fingerprint density at radius 3 is 3.03 bits per heavy atom. The van der Waals surface area contributed by atoms with E-state index in [0.717, 1.165) is 0 Å². The van der Waals surface area contributed by atoms with Gasteiger partial charge in [0.15, 0.2) is 17.2 Å². The van der Waals surface area contributed by atoms with Gasteiger partial charge in [-0.1, -0.05) is 12.1 Å². The third kappa shape index (κ3) is 2.61. The van der Waals surface area contributed by atoms with Crippen LogP contribution in [0.2, 0.25) is 0 Å². The number of fused-ring (bicyclic) bond motifs is 3. The van der Waals surface area contributed by atoms with Gasteiger partial charge in [-0.25, -0.2) is 19.2 Å². The fourth-order valence-electron chi connectivity index (χ4n) is 4.19. The summed E-state index contributed by atoms with van der Waals surface area (Å²) in [6.45, 7) is 0.277. The minimum atomic E-state index is -0.464. The molecule has 1 N–H and O–H groups in total. The van der Waals surface area contributed by atoms with Crippen molar-refractivity contribution in [1.29, 1.82) is 5.26 Å². The number of rotatable bonds is 2. The zero-order valence-corrected chi connectivity index (χ0v) is 16.5. The minimum absolute atomic E-state index is 0.156. The molecule has 1 atom stereocenters. The number of benzene rings is 2. The van der Waals surface area contributed by atoms with Gasteiger partial charge in [0.25, 0.3) is 0 Å². The minimum Gasteiger partial charge on any atom is -0.490 e. The van der Waals surface area contributed by atoms with Crippen LogP contribution in [0.15, 0.2) is 53.7 Å². The van der Waals surface area contributed by atoms with Crippen molar-refractivity contribution in [3.8, 4) is 17.8 Å². The Balaban J connectivity index is 1.56. The molecule has 0 bridgehead atoms. The molecule has 0 amide bonds. The molecule has 0 radical (unpaired) electrons. The van der Waals surface area contributed by atoms with Crippen LogP contribution in [-0.4, -0.2) is 35.7 Å². The topological polar surface area (TPSA) is 114 Å². The van der Waals surface area contributed by atoms with E-state index in [-0.39, 0.29) is 18.0 Å². The molecule has 0 saturated heterocycles. The van der Waals surface area contributed by atoms with Crippen LogP contribution in [0.5, 0.6) is 5.75 Å². The molecule has 2 aromatic carbocycles. The van der Waals surface area contributed by atoms with Gasteiger partial charge in [-0.2, -0.15) is 10.2 Å². The number of ether oxygens (including phenoxy) is 1. The highest BCUT2D eigenvalue weighted by Crippen LogP contribution is 2.36. The summed E-state index contributed by atoms with van der Waals surface area (Å²) in [5.41, 5.74) is 2.92. The van der Waals surface area contributed by atoms with Gasteiger partial charge in [0.2, 0.25) is 5.95 Å². The van der Waals surface area contributed by atoms with Crippen LogP contribution < -0.4 is 10.4 Å². The number of para-hydroxylation sites is 1. The van der Waals surface area contributed by atoms with E-state index < -0.39 is 11.9 Å². The summed E-state index contributed by atoms with van der Waals surface area (Å²) < 4.78 is 23.0. The maximum absolute atomic E-state index is 14.3. The predicted octanol–water partition coefficient (Wildman–Crippen LogP) is 2.84. The first-order chi connectivity index (χ1) is 15.6. The number of H-pyrrole nitrogens is 1. The number of nitrogens with zero attached hydrogens (tertiary/aromatic N) is 6. The van der Waals surface area contributed by atoms with Crippen molar-refractivity contribution >= 4 is 22.2 Å². The summed E-state index contributed by atoms with van der Waals surface area (Å²) in [5, 5.41) is 9.23. The molecule has 1 aliphatic rings. The van der Waals surface area contributed by atoms with Crippen LogP contribution in [-0.2, 0) is 0 Å². The van der Waals surface area contributed by atoms with E-state index in [2.05, 4.69) is 26.0 Å². The van der Waals surface area contributed by atoms with Crippen LogP contribution in [0.3, 0.4) is 0 Å². The van der Waals surface area contributed by atoms with Crippen molar-refractivity contribution in [1.82, 2.24) is 29.1 Å². The first-order valence-corrected chi connectivity index (χ1v) is 9.90. The lowest BCUT2D eigenvalue weighted by molar-refractivity contribution is 0.244. The molecule has 10 heteroatoms. The first-order valence-electron chi connectivity index (χ1n) is 9.90. The second kappa shape index (κ2) is 6.75. The maximum Gasteiger partial charge on any atom is 0.328 e. The monoisotopic (exact) mass is 427 g/mol. The molecular formula is C22H14FN7O2. The van der Waals surface area contributed by atoms with Gasteiger partial charge >= 0.3 is 5.69 Å². The van der Waals surface area contributed by atoms with Crippen LogP contribution in [0.4, 0.5) is 4.39 Å². The third-order valence-corrected chi connectivity index (χ3v) is 5.64. The Hall–Kier alpha value is -4.52. The lowest BCUT2D eigenvalue weighted by atomic mass is 10.00. The van der Waals surface area contributed by atoms with Crippen molar-refractivity contribution in [3.05, 3.63) is 76.4 Å². The Labute approximate surface area is 179 Å². The van der Waals surface area contributed by atoms with E-state index in [1.54, 1.807) is 41.2 Å². The molecule has 0 unspecified atom stereocenters. The van der Waals surface area contributed by atoms with Crippen LogP contribution in [0.1, 0.15) is 23.6 Å². The average molecular weight is 427 g/mol. The van der Waals surface area contributed by atoms with Gasteiger partial charge in [0.05, 0.1) is 41.5 Å². The standard InChI is InChI=1S/C22H14FN7O2/c23-14-3-1-2-13-17(6-7-32-19(13)14)30-20-16(27-22(30)31)10-25-21(28-20)29-11-26-15-5-4-12(9-24)8-18(15)29/h1-5,8,10-11,17H,6-7H2,(H,27,31)/t17-/m1/s1. The Morgan fingerprint density at radius 1 is 1.25 bits per heavy atom. The van der Waals surface area contributed by atoms with Crippen LogP contribution >= 0.6 is 0 Å². The Kier molecular flexibility index (Phi) is 3.85. The fourth-order valence-corrected chi connectivity index (χ4v) is 4.19. The number of aromatic nitrogens is 6. The second-order valence-electron chi connectivity index (χ2n) is 7.45. The Bertz CT molecular complexity index is 1630. The number of hydrogen-bond donors (Lipinski definition) is 1. The van der Waals surface area contributed by atoms with Gasteiger partial charge in [-0.3, -0.25) is 9.13 Å². The molecule has 0 fully saturated rings. The maximum atomic E-state index is 14.3. The van der Waals surface area contributed by atoms with Crippen molar-refractivity contribution in [3.63, 3.8) is 0 Å². The van der Waals surface area contributed by atoms with Crippen molar-refractivity contribution in [2.24, 2.45) is 0 Å². The van der Waals surface area contributed by atoms with Gasteiger partial charge in [-0.15, -0.1) is 0 Å². The quantitative estimate of drug-likeness (QED) is 0.463. The molecule has 32 heavy (non-hydrogen) atoms. The van der Waals surface area contributed by atoms with Crippen molar-refractivity contribution < 1.29 is 9.13 Å². The van der Waals surface area contributed by atoms with E-state index in [1.165, 1.54) is 16.8 Å². The third-order valence-electron chi connectivity index (χ3n) is 5.64. The van der Waals surface area contributed by atoms with E-state index >= 15 is 0 Å². The van der Waals surface area contributed by atoms with E-state index in [9.17, 15) is 14.4 Å². The van der Waals surface area contributed by atoms with Crippen molar-refractivity contribution in [2.75, 3.05) is 6.61 Å². The van der Waals surface area contributed by atoms with Crippen molar-refractivity contribution in [2.45, 2.75) is 12.5 Å². The number of aromatic amines is 1. The van der Waals surface area contributed by atoms with E-state index in [0.29, 0.717) is 45.7 Å². The number of nitrogens with one attached hydrogen (secondary N) is 1. The highest BCUT2D eigenvalue weighted by Gasteiger charge is 2.28. The van der Waals surface area contributed by atoms with Gasteiger partial charge < -0.3 is 9.72 Å². The highest BCUT2D eigenvalue weighted by molar-refractivity contribution is 5.79. The molecule has 1 aliphatic heterocycles. The molecule has 6 rings (SSSR count). The molecule has 156 valence electrons. The lowest BCUT2D eigenvalue weighted by Gasteiger charge is -2.26. The summed E-state index contributed by atoms with van der Waals surface area (Å²) in [4.78, 5) is 29.0. The summed E-state index contributed by atoms with van der Waals surface area (Å²) in [6, 6.07) is 11.5. The van der Waals surface area contributed by atoms with Gasteiger partial charge in [-0.05, 0) is 24.3 Å². The molecule has 3 aromatic heterocycles.